The predicted octanol–water partition coefficient (Wildman–Crippen LogP) is 2.45. The number of amides is 1. The van der Waals surface area contributed by atoms with Crippen LogP contribution in [0.1, 0.15) is 40.7 Å². The number of nitrogens with one attached hydrogen (secondary N) is 1. The number of rotatable bonds is 6. The lowest BCUT2D eigenvalue weighted by Crippen LogP contribution is -2.24. The molecule has 0 spiro atoms. The van der Waals surface area contributed by atoms with Gasteiger partial charge in [0.15, 0.2) is 0 Å². The molecule has 3 heterocycles. The van der Waals surface area contributed by atoms with Crippen LogP contribution in [-0.2, 0) is 17.7 Å². The molecule has 0 saturated carbocycles. The van der Waals surface area contributed by atoms with E-state index in [9.17, 15) is 4.79 Å². The number of ether oxygens (including phenoxy) is 2. The molecule has 0 bridgehead atoms. The summed E-state index contributed by atoms with van der Waals surface area (Å²) in [6, 6.07) is 7.44. The molecule has 25 heavy (non-hydrogen) atoms. The Hall–Kier alpha value is -2.47. The van der Waals surface area contributed by atoms with E-state index in [0.29, 0.717) is 24.6 Å². The van der Waals surface area contributed by atoms with Gasteiger partial charge >= 0.3 is 0 Å². The van der Waals surface area contributed by atoms with Crippen molar-refractivity contribution in [2.75, 3.05) is 13.2 Å². The van der Waals surface area contributed by atoms with Crippen molar-refractivity contribution in [2.24, 2.45) is 0 Å². The summed E-state index contributed by atoms with van der Waals surface area (Å²) in [4.78, 5) is 21.0. The largest absolute Gasteiger partial charge is 0.472 e. The highest BCUT2D eigenvalue weighted by atomic mass is 16.5. The van der Waals surface area contributed by atoms with Crippen molar-refractivity contribution in [3.05, 3.63) is 53.0 Å². The van der Waals surface area contributed by atoms with E-state index in [0.717, 1.165) is 36.4 Å². The minimum absolute atomic E-state index is 0.0585. The Kier molecular flexibility index (Phi) is 5.60. The van der Waals surface area contributed by atoms with Gasteiger partial charge < -0.3 is 14.8 Å². The molecule has 1 unspecified atom stereocenters. The van der Waals surface area contributed by atoms with Gasteiger partial charge in [-0.15, -0.1) is 0 Å². The van der Waals surface area contributed by atoms with Gasteiger partial charge in [0.05, 0.1) is 24.5 Å². The maximum absolute atomic E-state index is 12.4. The number of aryl methyl sites for hydroxylation is 2. The minimum atomic E-state index is -0.129. The quantitative estimate of drug-likeness (QED) is 0.874. The summed E-state index contributed by atoms with van der Waals surface area (Å²) in [5, 5.41) is 2.93. The second-order valence-electron chi connectivity index (χ2n) is 6.08. The molecule has 6 heteroatoms. The van der Waals surface area contributed by atoms with Crippen molar-refractivity contribution >= 4 is 5.91 Å². The SMILES string of the molecule is CCc1ccc(C(=O)NCc2ccnc(OC3CCOC3)c2)c(C)n1. The van der Waals surface area contributed by atoms with Gasteiger partial charge in [-0.2, -0.15) is 0 Å². The fraction of sp³-hybridized carbons (Fsp3) is 0.421. The molecule has 6 nitrogen and oxygen atoms in total. The molecular formula is C19H23N3O3. The molecule has 0 aromatic carbocycles. The van der Waals surface area contributed by atoms with E-state index in [1.165, 1.54) is 0 Å². The molecule has 0 radical (unpaired) electrons. The van der Waals surface area contributed by atoms with Gasteiger partial charge in [-0.3, -0.25) is 9.78 Å². The fourth-order valence-corrected chi connectivity index (χ4v) is 2.73. The van der Waals surface area contributed by atoms with Crippen molar-refractivity contribution < 1.29 is 14.3 Å². The van der Waals surface area contributed by atoms with Gasteiger partial charge in [-0.1, -0.05) is 6.92 Å². The Morgan fingerprint density at radius 2 is 2.28 bits per heavy atom. The topological polar surface area (TPSA) is 73.3 Å². The van der Waals surface area contributed by atoms with Crippen LogP contribution in [0, 0.1) is 6.92 Å². The summed E-state index contributed by atoms with van der Waals surface area (Å²) in [7, 11) is 0. The maximum atomic E-state index is 12.4. The Labute approximate surface area is 147 Å². The number of hydrogen-bond acceptors (Lipinski definition) is 5. The molecule has 2 aromatic rings. The van der Waals surface area contributed by atoms with Crippen LogP contribution in [0.3, 0.4) is 0 Å². The average Bonchev–Trinajstić information content (AvgIpc) is 3.13. The number of carbonyl (C=O) groups is 1. The molecular weight excluding hydrogens is 318 g/mol. The molecule has 3 rings (SSSR count). The lowest BCUT2D eigenvalue weighted by Gasteiger charge is -2.12. The van der Waals surface area contributed by atoms with E-state index in [2.05, 4.69) is 15.3 Å². The number of hydrogen-bond donors (Lipinski definition) is 1. The van der Waals surface area contributed by atoms with E-state index < -0.39 is 0 Å². The van der Waals surface area contributed by atoms with Crippen LogP contribution < -0.4 is 10.1 Å². The zero-order valence-electron chi connectivity index (χ0n) is 14.6. The summed E-state index contributed by atoms with van der Waals surface area (Å²) in [6.45, 7) is 5.64. The van der Waals surface area contributed by atoms with Gasteiger partial charge in [0.25, 0.3) is 5.91 Å². The van der Waals surface area contributed by atoms with Crippen molar-refractivity contribution in [2.45, 2.75) is 39.3 Å². The molecule has 1 aliphatic heterocycles. The molecule has 1 fully saturated rings. The van der Waals surface area contributed by atoms with Gasteiger partial charge in [0, 0.05) is 30.9 Å². The second kappa shape index (κ2) is 8.07. The number of carbonyl (C=O) groups excluding carboxylic acids is 1. The fourth-order valence-electron chi connectivity index (χ4n) is 2.73. The van der Waals surface area contributed by atoms with Crippen LogP contribution in [0.2, 0.25) is 0 Å². The molecule has 1 N–H and O–H groups in total. The highest BCUT2D eigenvalue weighted by Crippen LogP contribution is 2.16. The van der Waals surface area contributed by atoms with Crippen LogP contribution in [0.25, 0.3) is 0 Å². The molecule has 132 valence electrons. The predicted molar refractivity (Wildman–Crippen MR) is 93.6 cm³/mol. The summed E-state index contributed by atoms with van der Waals surface area (Å²) in [6.07, 6.45) is 3.48. The molecule has 1 saturated heterocycles. The monoisotopic (exact) mass is 341 g/mol. The summed E-state index contributed by atoms with van der Waals surface area (Å²) < 4.78 is 11.1. The summed E-state index contributed by atoms with van der Waals surface area (Å²) >= 11 is 0. The van der Waals surface area contributed by atoms with Gasteiger partial charge in [-0.25, -0.2) is 4.98 Å². The maximum Gasteiger partial charge on any atom is 0.253 e. The van der Waals surface area contributed by atoms with Gasteiger partial charge in [0.1, 0.15) is 6.10 Å². The Bertz CT molecular complexity index is 742. The van der Waals surface area contributed by atoms with Crippen molar-refractivity contribution in [1.29, 1.82) is 0 Å². The first kappa shape index (κ1) is 17.4. The summed E-state index contributed by atoms with van der Waals surface area (Å²) in [5.74, 6) is 0.434. The molecule has 0 aliphatic carbocycles. The van der Waals surface area contributed by atoms with E-state index in [4.69, 9.17) is 9.47 Å². The third kappa shape index (κ3) is 4.54. The third-order valence-corrected chi connectivity index (χ3v) is 4.18. The molecule has 2 aromatic heterocycles. The van der Waals surface area contributed by atoms with Crippen molar-refractivity contribution in [3.63, 3.8) is 0 Å². The molecule has 1 aliphatic rings. The van der Waals surface area contributed by atoms with E-state index in [1.807, 2.05) is 38.1 Å². The highest BCUT2D eigenvalue weighted by Gasteiger charge is 2.18. The number of nitrogens with zero attached hydrogens (tertiary/aromatic N) is 2. The van der Waals surface area contributed by atoms with Crippen molar-refractivity contribution in [1.82, 2.24) is 15.3 Å². The second-order valence-corrected chi connectivity index (χ2v) is 6.08. The Morgan fingerprint density at radius 3 is 3.00 bits per heavy atom. The highest BCUT2D eigenvalue weighted by molar-refractivity contribution is 5.95. The first-order chi connectivity index (χ1) is 12.2. The number of aromatic nitrogens is 2. The number of pyridine rings is 2. The van der Waals surface area contributed by atoms with Crippen LogP contribution in [0.4, 0.5) is 0 Å². The average molecular weight is 341 g/mol. The van der Waals surface area contributed by atoms with Crippen molar-refractivity contribution in [3.8, 4) is 5.88 Å². The molecule has 1 amide bonds. The minimum Gasteiger partial charge on any atom is -0.472 e. The zero-order chi connectivity index (χ0) is 17.6. The van der Waals surface area contributed by atoms with Crippen LogP contribution >= 0.6 is 0 Å². The van der Waals surface area contributed by atoms with Gasteiger partial charge in [0.2, 0.25) is 5.88 Å². The van der Waals surface area contributed by atoms with Crippen LogP contribution in [0.5, 0.6) is 5.88 Å². The standard InChI is InChI=1S/C19H23N3O3/c1-3-15-4-5-17(13(2)22-15)19(23)21-11-14-6-8-20-18(10-14)25-16-7-9-24-12-16/h4-6,8,10,16H,3,7,9,11-12H2,1-2H3,(H,21,23). The van der Waals surface area contributed by atoms with E-state index >= 15 is 0 Å². The van der Waals surface area contributed by atoms with Crippen LogP contribution in [-0.4, -0.2) is 35.2 Å². The lowest BCUT2D eigenvalue weighted by molar-refractivity contribution is 0.0949. The first-order valence-corrected chi connectivity index (χ1v) is 8.59. The zero-order valence-corrected chi connectivity index (χ0v) is 14.6. The van der Waals surface area contributed by atoms with E-state index in [-0.39, 0.29) is 12.0 Å². The van der Waals surface area contributed by atoms with Gasteiger partial charge in [-0.05, 0) is 37.1 Å². The third-order valence-electron chi connectivity index (χ3n) is 4.18. The Morgan fingerprint density at radius 1 is 1.40 bits per heavy atom. The smallest absolute Gasteiger partial charge is 0.253 e. The summed E-state index contributed by atoms with van der Waals surface area (Å²) in [5.41, 5.74) is 3.27. The normalized spacial score (nSPS) is 16.6. The lowest BCUT2D eigenvalue weighted by atomic mass is 10.1. The van der Waals surface area contributed by atoms with Crippen LogP contribution in [0.15, 0.2) is 30.5 Å². The van der Waals surface area contributed by atoms with E-state index in [1.54, 1.807) is 6.20 Å². The first-order valence-electron chi connectivity index (χ1n) is 8.59. The molecule has 1 atom stereocenters. The Balaban J connectivity index is 1.60.